The first kappa shape index (κ1) is 17.0. The average molecular weight is 349 g/mol. The van der Waals surface area contributed by atoms with Crippen molar-refractivity contribution in [1.82, 2.24) is 10.5 Å². The van der Waals surface area contributed by atoms with Crippen molar-refractivity contribution in [3.05, 3.63) is 41.4 Å². The number of rotatable bonds is 5. The molecule has 2 N–H and O–H groups in total. The first-order valence-electron chi connectivity index (χ1n) is 8.00. The fourth-order valence-corrected chi connectivity index (χ4v) is 3.96. The molecule has 1 aliphatic rings. The monoisotopic (exact) mass is 349 g/mol. The van der Waals surface area contributed by atoms with Crippen molar-refractivity contribution in [3.63, 3.8) is 0 Å². The number of anilines is 1. The molecule has 0 saturated heterocycles. The predicted molar refractivity (Wildman–Crippen MR) is 91.6 cm³/mol. The molecule has 128 valence electrons. The molecule has 0 spiro atoms. The quantitative estimate of drug-likeness (QED) is 0.862. The molecule has 0 bridgehead atoms. The molecule has 0 unspecified atom stereocenters. The van der Waals surface area contributed by atoms with Crippen LogP contribution in [0.25, 0.3) is 0 Å². The van der Waals surface area contributed by atoms with Gasteiger partial charge in [-0.25, -0.2) is 4.39 Å². The molecule has 0 saturated carbocycles. The first-order valence-corrected chi connectivity index (χ1v) is 8.98. The maximum Gasteiger partial charge on any atom is 0.242 e. The van der Waals surface area contributed by atoms with E-state index in [4.69, 9.17) is 4.52 Å². The summed E-state index contributed by atoms with van der Waals surface area (Å²) in [4.78, 5) is 13.2. The average Bonchev–Trinajstić information content (AvgIpc) is 2.98. The molecule has 3 rings (SSSR count). The Morgan fingerprint density at radius 1 is 1.54 bits per heavy atom. The minimum atomic E-state index is -0.383. The summed E-state index contributed by atoms with van der Waals surface area (Å²) in [5.41, 5.74) is 0.926. The minimum Gasteiger partial charge on any atom is -0.360 e. The molecule has 1 aromatic carbocycles. The normalized spacial score (nSPS) is 18.0. The summed E-state index contributed by atoms with van der Waals surface area (Å²) in [6.45, 7) is 3.71. The molecule has 1 aromatic heterocycles. The number of nitrogens with zero attached hydrogens (tertiary/aromatic N) is 1. The number of aryl methyl sites for hydroxylation is 1. The van der Waals surface area contributed by atoms with Gasteiger partial charge in [0.2, 0.25) is 5.91 Å². The van der Waals surface area contributed by atoms with E-state index in [0.717, 1.165) is 17.7 Å². The highest BCUT2D eigenvalue weighted by Crippen LogP contribution is 2.38. The largest absolute Gasteiger partial charge is 0.360 e. The third kappa shape index (κ3) is 3.62. The van der Waals surface area contributed by atoms with Gasteiger partial charge in [0, 0.05) is 17.0 Å². The van der Waals surface area contributed by atoms with E-state index in [-0.39, 0.29) is 23.8 Å². The van der Waals surface area contributed by atoms with Gasteiger partial charge >= 0.3 is 0 Å². The predicted octanol–water partition coefficient (Wildman–Crippen LogP) is 3.67. The van der Waals surface area contributed by atoms with Crippen LogP contribution in [0.15, 0.2) is 33.7 Å². The Labute approximate surface area is 144 Å². The van der Waals surface area contributed by atoms with Crippen LogP contribution < -0.4 is 10.6 Å². The number of benzene rings is 1. The molecule has 1 aliphatic heterocycles. The highest BCUT2D eigenvalue weighted by molar-refractivity contribution is 7.99. The Morgan fingerprint density at radius 2 is 2.38 bits per heavy atom. The van der Waals surface area contributed by atoms with Crippen LogP contribution in [0.2, 0.25) is 0 Å². The zero-order chi connectivity index (χ0) is 17.1. The van der Waals surface area contributed by atoms with Gasteiger partial charge in [0.1, 0.15) is 11.6 Å². The van der Waals surface area contributed by atoms with E-state index >= 15 is 0 Å². The summed E-state index contributed by atoms with van der Waals surface area (Å²) >= 11 is 1.53. The van der Waals surface area contributed by atoms with Crippen LogP contribution in [0, 0.1) is 12.7 Å². The van der Waals surface area contributed by atoms with Gasteiger partial charge in [-0.3, -0.25) is 10.1 Å². The zero-order valence-electron chi connectivity index (χ0n) is 13.6. The standard InChI is InChI=1S/C17H20FN3O2S/c1-3-13(17(22)20-15-9-10(2)23-21-15)19-14-7-8-24-16-11(14)5-4-6-12(16)18/h4-6,9,13-14,19H,3,7-8H2,1-2H3,(H,20,21,22)/t13-,14+/m0/s1. The second-order valence-electron chi connectivity index (χ2n) is 5.79. The number of aromatic nitrogens is 1. The van der Waals surface area contributed by atoms with Crippen molar-refractivity contribution < 1.29 is 13.7 Å². The Kier molecular flexibility index (Phi) is 5.20. The van der Waals surface area contributed by atoms with E-state index in [0.29, 0.717) is 22.9 Å². The number of carbonyl (C=O) groups excluding carboxylic acids is 1. The fraction of sp³-hybridized carbons (Fsp3) is 0.412. The molecular weight excluding hydrogens is 329 g/mol. The van der Waals surface area contributed by atoms with E-state index < -0.39 is 0 Å². The van der Waals surface area contributed by atoms with Crippen molar-refractivity contribution in [2.75, 3.05) is 11.1 Å². The summed E-state index contributed by atoms with van der Waals surface area (Å²) in [5.74, 6) is 1.51. The molecule has 0 aliphatic carbocycles. The Hall–Kier alpha value is -1.86. The highest BCUT2D eigenvalue weighted by Gasteiger charge is 2.27. The molecule has 24 heavy (non-hydrogen) atoms. The van der Waals surface area contributed by atoms with Crippen LogP contribution in [-0.2, 0) is 4.79 Å². The van der Waals surface area contributed by atoms with Crippen LogP contribution in [0.1, 0.15) is 37.1 Å². The Bertz CT molecular complexity index is 734. The van der Waals surface area contributed by atoms with Crippen LogP contribution >= 0.6 is 11.8 Å². The number of amides is 1. The SMILES string of the molecule is CC[C@H](N[C@@H]1CCSc2c(F)cccc21)C(=O)Nc1cc(C)on1. The van der Waals surface area contributed by atoms with Gasteiger partial charge in [-0.05, 0) is 37.1 Å². The molecule has 2 heterocycles. The molecular formula is C17H20FN3O2S. The van der Waals surface area contributed by atoms with Crippen molar-refractivity contribution in [1.29, 1.82) is 0 Å². The topological polar surface area (TPSA) is 67.2 Å². The van der Waals surface area contributed by atoms with Crippen molar-refractivity contribution in [2.45, 2.75) is 43.7 Å². The molecule has 0 radical (unpaired) electrons. The van der Waals surface area contributed by atoms with Gasteiger partial charge in [0.05, 0.1) is 6.04 Å². The summed E-state index contributed by atoms with van der Waals surface area (Å²) < 4.78 is 18.9. The summed E-state index contributed by atoms with van der Waals surface area (Å²) in [7, 11) is 0. The van der Waals surface area contributed by atoms with E-state index in [1.54, 1.807) is 19.1 Å². The van der Waals surface area contributed by atoms with Crippen LogP contribution in [0.3, 0.4) is 0 Å². The maximum absolute atomic E-state index is 14.0. The van der Waals surface area contributed by atoms with Gasteiger partial charge in [0.15, 0.2) is 5.82 Å². The lowest BCUT2D eigenvalue weighted by molar-refractivity contribution is -0.118. The lowest BCUT2D eigenvalue weighted by Crippen LogP contribution is -2.42. The molecule has 0 fully saturated rings. The number of hydrogen-bond acceptors (Lipinski definition) is 5. The smallest absolute Gasteiger partial charge is 0.242 e. The lowest BCUT2D eigenvalue weighted by atomic mass is 10.0. The summed E-state index contributed by atoms with van der Waals surface area (Å²) in [6.07, 6.45) is 1.48. The van der Waals surface area contributed by atoms with Gasteiger partial charge in [0.25, 0.3) is 0 Å². The number of carbonyl (C=O) groups is 1. The molecule has 5 nitrogen and oxygen atoms in total. The molecule has 2 atom stereocenters. The van der Waals surface area contributed by atoms with Gasteiger partial charge < -0.3 is 9.84 Å². The Morgan fingerprint density at radius 3 is 3.08 bits per heavy atom. The summed E-state index contributed by atoms with van der Waals surface area (Å²) in [6, 6.07) is 6.37. The number of nitrogens with one attached hydrogen (secondary N) is 2. The second-order valence-corrected chi connectivity index (χ2v) is 6.89. The molecule has 7 heteroatoms. The Balaban J connectivity index is 1.72. The molecule has 1 amide bonds. The number of fused-ring (bicyclic) bond motifs is 1. The van der Waals surface area contributed by atoms with Gasteiger partial charge in [-0.15, -0.1) is 11.8 Å². The van der Waals surface area contributed by atoms with E-state index in [2.05, 4.69) is 15.8 Å². The van der Waals surface area contributed by atoms with E-state index in [1.807, 2.05) is 13.0 Å². The maximum atomic E-state index is 14.0. The second kappa shape index (κ2) is 7.36. The van der Waals surface area contributed by atoms with Crippen LogP contribution in [0.5, 0.6) is 0 Å². The van der Waals surface area contributed by atoms with E-state index in [9.17, 15) is 9.18 Å². The zero-order valence-corrected chi connectivity index (χ0v) is 14.5. The fourth-order valence-electron chi connectivity index (χ4n) is 2.82. The molecule has 2 aromatic rings. The third-order valence-corrected chi connectivity index (χ3v) is 5.19. The van der Waals surface area contributed by atoms with Crippen LogP contribution in [-0.4, -0.2) is 22.9 Å². The summed E-state index contributed by atoms with van der Waals surface area (Å²) in [5, 5.41) is 9.90. The number of thioether (sulfide) groups is 1. The number of hydrogen-bond donors (Lipinski definition) is 2. The van der Waals surface area contributed by atoms with Gasteiger partial charge in [-0.1, -0.05) is 24.2 Å². The third-order valence-electron chi connectivity index (χ3n) is 4.03. The lowest BCUT2D eigenvalue weighted by Gasteiger charge is -2.29. The van der Waals surface area contributed by atoms with Crippen molar-refractivity contribution in [2.24, 2.45) is 0 Å². The van der Waals surface area contributed by atoms with Gasteiger partial charge in [-0.2, -0.15) is 0 Å². The van der Waals surface area contributed by atoms with Crippen molar-refractivity contribution in [3.8, 4) is 0 Å². The first-order chi connectivity index (χ1) is 11.6. The highest BCUT2D eigenvalue weighted by atomic mass is 32.2. The van der Waals surface area contributed by atoms with E-state index in [1.165, 1.54) is 17.8 Å². The van der Waals surface area contributed by atoms with Crippen LogP contribution in [0.4, 0.5) is 10.2 Å². The minimum absolute atomic E-state index is 0.0355. The van der Waals surface area contributed by atoms with Crippen molar-refractivity contribution >= 4 is 23.5 Å². The number of halogens is 1.